The molecule has 4 nitrogen and oxygen atoms in total. The normalized spacial score (nSPS) is 10.9. The van der Waals surface area contributed by atoms with Gasteiger partial charge in [0.1, 0.15) is 5.15 Å². The van der Waals surface area contributed by atoms with Gasteiger partial charge in [-0.2, -0.15) is 5.10 Å². The molecule has 146 valence electrons. The van der Waals surface area contributed by atoms with Crippen molar-refractivity contribution in [2.75, 3.05) is 4.90 Å². The van der Waals surface area contributed by atoms with Gasteiger partial charge in [-0.3, -0.25) is 4.79 Å². The Bertz CT molecular complexity index is 1120. The Hall–Kier alpha value is -2.60. The van der Waals surface area contributed by atoms with Crippen LogP contribution in [0, 0.1) is 6.92 Å². The molecule has 7 heteroatoms. The number of para-hydroxylation sites is 1. The van der Waals surface area contributed by atoms with Gasteiger partial charge < -0.3 is 4.90 Å². The molecule has 0 saturated heterocycles. The Balaban J connectivity index is 1.74. The smallest absolute Gasteiger partial charge is 0.268 e. The lowest BCUT2D eigenvalue weighted by atomic mass is 10.2. The number of aromatic nitrogens is 2. The molecule has 0 aliphatic carbocycles. The number of halogens is 2. The van der Waals surface area contributed by atoms with E-state index in [1.54, 1.807) is 21.7 Å². The number of rotatable bonds is 5. The first-order valence-electron chi connectivity index (χ1n) is 8.95. The van der Waals surface area contributed by atoms with Crippen LogP contribution in [0.5, 0.6) is 0 Å². The number of thiophene rings is 1. The summed E-state index contributed by atoms with van der Waals surface area (Å²) in [5, 5.41) is 7.59. The van der Waals surface area contributed by atoms with Gasteiger partial charge in [0.15, 0.2) is 0 Å². The fraction of sp³-hybridized carbons (Fsp3) is 0.0909. The largest absolute Gasteiger partial charge is 0.303 e. The van der Waals surface area contributed by atoms with Gasteiger partial charge in [0.25, 0.3) is 5.91 Å². The van der Waals surface area contributed by atoms with E-state index in [0.717, 1.165) is 22.6 Å². The fourth-order valence-corrected chi connectivity index (χ4v) is 4.17. The number of hydrogen-bond acceptors (Lipinski definition) is 3. The summed E-state index contributed by atoms with van der Waals surface area (Å²) < 4.78 is 1.70. The standard InChI is InChI=1S/C22H17Cl2N3OS/c1-15-19(21(24)27(25-15)18-6-3-2-4-7-18)14-26(17-11-9-16(23)10-12-17)22(28)20-8-5-13-29-20/h2-13H,14H2,1H3. The van der Waals surface area contributed by atoms with E-state index in [0.29, 0.717) is 21.6 Å². The van der Waals surface area contributed by atoms with E-state index < -0.39 is 0 Å². The van der Waals surface area contributed by atoms with Gasteiger partial charge in [-0.25, -0.2) is 4.68 Å². The van der Waals surface area contributed by atoms with Crippen LogP contribution in [-0.2, 0) is 6.54 Å². The molecule has 0 bridgehead atoms. The minimum Gasteiger partial charge on any atom is -0.303 e. The number of nitrogens with zero attached hydrogens (tertiary/aromatic N) is 3. The third kappa shape index (κ3) is 4.08. The fourth-order valence-electron chi connectivity index (χ4n) is 3.04. The van der Waals surface area contributed by atoms with Crippen molar-refractivity contribution in [3.05, 3.63) is 98.4 Å². The van der Waals surface area contributed by atoms with E-state index in [2.05, 4.69) is 5.10 Å². The van der Waals surface area contributed by atoms with Crippen molar-refractivity contribution in [1.82, 2.24) is 9.78 Å². The summed E-state index contributed by atoms with van der Waals surface area (Å²) in [7, 11) is 0. The average Bonchev–Trinajstić information content (AvgIpc) is 3.37. The molecule has 0 atom stereocenters. The van der Waals surface area contributed by atoms with Crippen LogP contribution < -0.4 is 4.90 Å². The van der Waals surface area contributed by atoms with Crippen molar-refractivity contribution in [2.24, 2.45) is 0 Å². The van der Waals surface area contributed by atoms with E-state index in [1.807, 2.05) is 66.9 Å². The molecule has 0 aliphatic rings. The molecule has 4 aromatic rings. The van der Waals surface area contributed by atoms with Crippen LogP contribution in [0.1, 0.15) is 20.9 Å². The van der Waals surface area contributed by atoms with Gasteiger partial charge in [-0.05, 0) is 54.8 Å². The minimum atomic E-state index is -0.0924. The maximum atomic E-state index is 13.2. The average molecular weight is 442 g/mol. The topological polar surface area (TPSA) is 38.1 Å². The molecule has 29 heavy (non-hydrogen) atoms. The maximum Gasteiger partial charge on any atom is 0.268 e. The zero-order valence-electron chi connectivity index (χ0n) is 15.5. The van der Waals surface area contributed by atoms with Crippen LogP contribution >= 0.6 is 34.5 Å². The van der Waals surface area contributed by atoms with Crippen LogP contribution in [0.4, 0.5) is 5.69 Å². The summed E-state index contributed by atoms with van der Waals surface area (Å²) in [4.78, 5) is 15.6. The quantitative estimate of drug-likeness (QED) is 0.359. The molecule has 1 amide bonds. The van der Waals surface area contributed by atoms with Gasteiger partial charge in [0, 0.05) is 16.3 Å². The number of aryl methyl sites for hydroxylation is 1. The van der Waals surface area contributed by atoms with E-state index in [1.165, 1.54) is 11.3 Å². The number of carbonyl (C=O) groups excluding carboxylic acids is 1. The third-order valence-corrected chi connectivity index (χ3v) is 6.05. The van der Waals surface area contributed by atoms with E-state index >= 15 is 0 Å². The highest BCUT2D eigenvalue weighted by atomic mass is 35.5. The highest BCUT2D eigenvalue weighted by Crippen LogP contribution is 2.29. The zero-order chi connectivity index (χ0) is 20.4. The molecule has 0 spiro atoms. The molecule has 0 aliphatic heterocycles. The monoisotopic (exact) mass is 441 g/mol. The first kappa shape index (κ1) is 19.7. The maximum absolute atomic E-state index is 13.2. The van der Waals surface area contributed by atoms with Gasteiger partial charge in [-0.1, -0.05) is 47.5 Å². The molecule has 0 radical (unpaired) electrons. The Kier molecular flexibility index (Phi) is 5.72. The lowest BCUT2D eigenvalue weighted by Crippen LogP contribution is -2.30. The van der Waals surface area contributed by atoms with Crippen molar-refractivity contribution >= 4 is 46.1 Å². The van der Waals surface area contributed by atoms with E-state index in [9.17, 15) is 4.79 Å². The predicted molar refractivity (Wildman–Crippen MR) is 120 cm³/mol. The third-order valence-electron chi connectivity index (χ3n) is 4.55. The van der Waals surface area contributed by atoms with Crippen LogP contribution in [0.25, 0.3) is 5.69 Å². The molecule has 2 heterocycles. The van der Waals surface area contributed by atoms with Gasteiger partial charge in [0.05, 0.1) is 22.8 Å². The van der Waals surface area contributed by atoms with Gasteiger partial charge in [-0.15, -0.1) is 11.3 Å². The highest BCUT2D eigenvalue weighted by Gasteiger charge is 2.23. The molecular formula is C22H17Cl2N3OS. The summed E-state index contributed by atoms with van der Waals surface area (Å²) in [5.41, 5.74) is 3.19. The van der Waals surface area contributed by atoms with Crippen LogP contribution in [0.15, 0.2) is 72.1 Å². The Morgan fingerprint density at radius 1 is 1.03 bits per heavy atom. The second-order valence-electron chi connectivity index (χ2n) is 6.45. The second kappa shape index (κ2) is 8.41. The molecule has 0 saturated carbocycles. The first-order chi connectivity index (χ1) is 14.0. The number of carbonyl (C=O) groups is 1. The van der Waals surface area contributed by atoms with Gasteiger partial charge >= 0.3 is 0 Å². The molecule has 2 aromatic carbocycles. The predicted octanol–water partition coefficient (Wildman–Crippen LogP) is 6.40. The molecular weight excluding hydrogens is 425 g/mol. The van der Waals surface area contributed by atoms with Crippen LogP contribution in [-0.4, -0.2) is 15.7 Å². The first-order valence-corrected chi connectivity index (χ1v) is 10.6. The van der Waals surface area contributed by atoms with E-state index in [-0.39, 0.29) is 5.91 Å². The van der Waals surface area contributed by atoms with Crippen molar-refractivity contribution in [1.29, 1.82) is 0 Å². The van der Waals surface area contributed by atoms with E-state index in [4.69, 9.17) is 23.2 Å². The SMILES string of the molecule is Cc1nn(-c2ccccc2)c(Cl)c1CN(C(=O)c1cccs1)c1ccc(Cl)cc1. The molecule has 0 fully saturated rings. The molecule has 4 rings (SSSR count). The summed E-state index contributed by atoms with van der Waals surface area (Å²) in [5.74, 6) is -0.0924. The molecule has 0 N–H and O–H groups in total. The molecule has 0 unspecified atom stereocenters. The van der Waals surface area contributed by atoms with Crippen LogP contribution in [0.3, 0.4) is 0 Å². The highest BCUT2D eigenvalue weighted by molar-refractivity contribution is 7.12. The summed E-state index contributed by atoms with van der Waals surface area (Å²) >= 11 is 14.1. The molecule has 2 aromatic heterocycles. The number of hydrogen-bond donors (Lipinski definition) is 0. The lowest BCUT2D eigenvalue weighted by molar-refractivity contribution is 0.0989. The number of benzene rings is 2. The summed E-state index contributed by atoms with van der Waals surface area (Å²) in [6, 6.07) is 20.6. The lowest BCUT2D eigenvalue weighted by Gasteiger charge is -2.22. The number of anilines is 1. The van der Waals surface area contributed by atoms with Crippen molar-refractivity contribution in [2.45, 2.75) is 13.5 Å². The summed E-state index contributed by atoms with van der Waals surface area (Å²) in [6.07, 6.45) is 0. The second-order valence-corrected chi connectivity index (χ2v) is 8.19. The Morgan fingerprint density at radius 2 is 1.76 bits per heavy atom. The zero-order valence-corrected chi connectivity index (χ0v) is 17.9. The van der Waals surface area contributed by atoms with Crippen molar-refractivity contribution in [3.63, 3.8) is 0 Å². The van der Waals surface area contributed by atoms with Gasteiger partial charge in [0.2, 0.25) is 0 Å². The van der Waals surface area contributed by atoms with Crippen molar-refractivity contribution in [3.8, 4) is 5.69 Å². The van der Waals surface area contributed by atoms with Crippen molar-refractivity contribution < 1.29 is 4.79 Å². The van der Waals surface area contributed by atoms with Crippen LogP contribution in [0.2, 0.25) is 10.2 Å². The minimum absolute atomic E-state index is 0.0924. The summed E-state index contributed by atoms with van der Waals surface area (Å²) in [6.45, 7) is 2.20. The Labute approximate surface area is 182 Å². The Morgan fingerprint density at radius 3 is 2.41 bits per heavy atom. The number of amides is 1.